The van der Waals surface area contributed by atoms with E-state index in [1.807, 2.05) is 6.26 Å². The smallest absolute Gasteiger partial charge is 0.236 e. The molecule has 3 atom stereocenters. The average Bonchev–Trinajstić information content (AvgIpc) is 2.38. The number of thioether (sulfide) groups is 1. The predicted molar refractivity (Wildman–Crippen MR) is 79.7 cm³/mol. The highest BCUT2D eigenvalue weighted by Gasteiger charge is 2.21. The molecule has 0 spiro atoms. The zero-order valence-corrected chi connectivity index (χ0v) is 12.6. The molecule has 2 unspecified atom stereocenters. The van der Waals surface area contributed by atoms with Crippen LogP contribution in [0.3, 0.4) is 0 Å². The average molecular weight is 272 g/mol. The Balaban J connectivity index is 2.14. The van der Waals surface area contributed by atoms with Crippen molar-refractivity contribution in [3.8, 4) is 0 Å². The van der Waals surface area contributed by atoms with E-state index in [-0.39, 0.29) is 11.9 Å². The topological polar surface area (TPSA) is 55.1 Å². The van der Waals surface area contributed by atoms with Crippen LogP contribution in [0.4, 0.5) is 0 Å². The van der Waals surface area contributed by atoms with Crippen LogP contribution in [0.15, 0.2) is 0 Å². The summed E-state index contributed by atoms with van der Waals surface area (Å²) in [5.74, 6) is 2.59. The van der Waals surface area contributed by atoms with Gasteiger partial charge in [-0.1, -0.05) is 32.6 Å². The number of nitrogens with one attached hydrogen (secondary N) is 1. The molecule has 0 aromatic heterocycles. The Morgan fingerprint density at radius 2 is 2.17 bits per heavy atom. The minimum absolute atomic E-state index is 0.0208. The van der Waals surface area contributed by atoms with Crippen LogP contribution >= 0.6 is 11.8 Å². The van der Waals surface area contributed by atoms with E-state index in [1.54, 1.807) is 11.8 Å². The highest BCUT2D eigenvalue weighted by Crippen LogP contribution is 2.31. The third-order valence-corrected chi connectivity index (χ3v) is 4.72. The molecular formula is C14H28N2OS. The number of nitrogens with two attached hydrogens (primary N) is 1. The van der Waals surface area contributed by atoms with Gasteiger partial charge >= 0.3 is 0 Å². The molecule has 0 saturated heterocycles. The second-order valence-corrected chi connectivity index (χ2v) is 6.48. The maximum atomic E-state index is 11.7. The monoisotopic (exact) mass is 272 g/mol. The summed E-state index contributed by atoms with van der Waals surface area (Å²) in [5.41, 5.74) is 5.82. The summed E-state index contributed by atoms with van der Waals surface area (Å²) in [6, 6.07) is -0.332. The molecule has 3 N–H and O–H groups in total. The molecule has 1 aliphatic rings. The van der Waals surface area contributed by atoms with Crippen molar-refractivity contribution in [3.63, 3.8) is 0 Å². The second kappa shape index (κ2) is 8.81. The van der Waals surface area contributed by atoms with Gasteiger partial charge in [-0.2, -0.15) is 11.8 Å². The van der Waals surface area contributed by atoms with Gasteiger partial charge in [0.05, 0.1) is 6.04 Å². The Morgan fingerprint density at radius 3 is 2.83 bits per heavy atom. The van der Waals surface area contributed by atoms with Crippen LogP contribution in [0.2, 0.25) is 0 Å². The molecule has 1 saturated carbocycles. The van der Waals surface area contributed by atoms with Crippen LogP contribution in [0, 0.1) is 11.8 Å². The van der Waals surface area contributed by atoms with Gasteiger partial charge in [-0.15, -0.1) is 0 Å². The fraction of sp³-hybridized carbons (Fsp3) is 0.929. The van der Waals surface area contributed by atoms with Crippen molar-refractivity contribution in [1.29, 1.82) is 0 Å². The molecule has 18 heavy (non-hydrogen) atoms. The molecule has 0 aromatic carbocycles. The van der Waals surface area contributed by atoms with Crippen molar-refractivity contribution in [2.24, 2.45) is 17.6 Å². The quantitative estimate of drug-likeness (QED) is 0.748. The number of amides is 1. The van der Waals surface area contributed by atoms with Gasteiger partial charge in [-0.05, 0) is 36.7 Å². The molecule has 106 valence electrons. The maximum Gasteiger partial charge on any atom is 0.236 e. The zero-order valence-electron chi connectivity index (χ0n) is 11.8. The van der Waals surface area contributed by atoms with Gasteiger partial charge in [0.1, 0.15) is 0 Å². The van der Waals surface area contributed by atoms with Gasteiger partial charge in [-0.3, -0.25) is 4.79 Å². The Bertz CT molecular complexity index is 248. The van der Waals surface area contributed by atoms with E-state index in [0.29, 0.717) is 0 Å². The van der Waals surface area contributed by atoms with Crippen LogP contribution in [0.1, 0.15) is 45.4 Å². The normalized spacial score (nSPS) is 25.7. The van der Waals surface area contributed by atoms with Crippen molar-refractivity contribution in [1.82, 2.24) is 5.32 Å². The van der Waals surface area contributed by atoms with Crippen molar-refractivity contribution < 1.29 is 4.79 Å². The van der Waals surface area contributed by atoms with E-state index in [4.69, 9.17) is 5.73 Å². The summed E-state index contributed by atoms with van der Waals surface area (Å²) in [6.45, 7) is 3.14. The zero-order chi connectivity index (χ0) is 13.4. The summed E-state index contributed by atoms with van der Waals surface area (Å²) < 4.78 is 0. The second-order valence-electron chi connectivity index (χ2n) is 5.49. The van der Waals surface area contributed by atoms with Gasteiger partial charge in [0, 0.05) is 6.54 Å². The maximum absolute atomic E-state index is 11.7. The first-order valence-corrected chi connectivity index (χ1v) is 8.56. The molecule has 1 aliphatic carbocycles. The summed E-state index contributed by atoms with van der Waals surface area (Å²) in [6.07, 6.45) is 9.34. The lowest BCUT2D eigenvalue weighted by Gasteiger charge is -2.28. The van der Waals surface area contributed by atoms with Crippen LogP contribution in [0.5, 0.6) is 0 Å². The molecule has 0 bridgehead atoms. The Morgan fingerprint density at radius 1 is 1.44 bits per heavy atom. The summed E-state index contributed by atoms with van der Waals surface area (Å²) in [7, 11) is 0. The highest BCUT2D eigenvalue weighted by molar-refractivity contribution is 7.98. The third kappa shape index (κ3) is 5.61. The van der Waals surface area contributed by atoms with E-state index >= 15 is 0 Å². The minimum atomic E-state index is -0.332. The first-order chi connectivity index (χ1) is 8.65. The summed E-state index contributed by atoms with van der Waals surface area (Å²) in [5, 5.41) is 2.99. The van der Waals surface area contributed by atoms with Gasteiger partial charge in [-0.25, -0.2) is 0 Å². The summed E-state index contributed by atoms with van der Waals surface area (Å²) >= 11 is 1.73. The summed E-state index contributed by atoms with van der Waals surface area (Å²) in [4.78, 5) is 11.7. The Kier molecular flexibility index (Phi) is 7.75. The molecular weight excluding hydrogens is 244 g/mol. The van der Waals surface area contributed by atoms with Gasteiger partial charge < -0.3 is 11.1 Å². The number of hydrogen-bond acceptors (Lipinski definition) is 3. The molecule has 0 heterocycles. The fourth-order valence-corrected chi connectivity index (χ4v) is 3.20. The lowest BCUT2D eigenvalue weighted by Crippen LogP contribution is -2.41. The predicted octanol–water partition coefficient (Wildman–Crippen LogP) is 2.40. The van der Waals surface area contributed by atoms with Gasteiger partial charge in [0.25, 0.3) is 0 Å². The first kappa shape index (κ1) is 15.8. The van der Waals surface area contributed by atoms with Crippen LogP contribution in [-0.4, -0.2) is 30.5 Å². The lowest BCUT2D eigenvalue weighted by molar-refractivity contribution is -0.122. The Labute approximate surface area is 116 Å². The number of rotatable bonds is 7. The number of carbonyl (C=O) groups excluding carboxylic acids is 1. The molecule has 1 fully saturated rings. The molecule has 0 aliphatic heterocycles. The van der Waals surface area contributed by atoms with E-state index in [0.717, 1.165) is 37.0 Å². The van der Waals surface area contributed by atoms with Crippen molar-refractivity contribution in [2.45, 2.75) is 51.5 Å². The van der Waals surface area contributed by atoms with Crippen molar-refractivity contribution in [2.75, 3.05) is 18.6 Å². The van der Waals surface area contributed by atoms with Crippen LogP contribution in [-0.2, 0) is 4.79 Å². The lowest BCUT2D eigenvalue weighted by atomic mass is 9.79. The number of hydrogen-bond donors (Lipinski definition) is 2. The SMILES string of the molecule is CSCC[C@H](N)C(=O)NCCC1CCCCC1C. The molecule has 4 heteroatoms. The van der Waals surface area contributed by atoms with Gasteiger partial charge in [0.2, 0.25) is 5.91 Å². The van der Waals surface area contributed by atoms with E-state index in [9.17, 15) is 4.79 Å². The first-order valence-electron chi connectivity index (χ1n) is 7.17. The molecule has 0 aromatic rings. The Hall–Kier alpha value is -0.220. The van der Waals surface area contributed by atoms with E-state index in [2.05, 4.69) is 12.2 Å². The van der Waals surface area contributed by atoms with Crippen LogP contribution < -0.4 is 11.1 Å². The van der Waals surface area contributed by atoms with Crippen molar-refractivity contribution in [3.05, 3.63) is 0 Å². The minimum Gasteiger partial charge on any atom is -0.355 e. The molecule has 0 radical (unpaired) electrons. The van der Waals surface area contributed by atoms with E-state index in [1.165, 1.54) is 25.7 Å². The van der Waals surface area contributed by atoms with Crippen LogP contribution in [0.25, 0.3) is 0 Å². The van der Waals surface area contributed by atoms with Crippen molar-refractivity contribution >= 4 is 17.7 Å². The molecule has 3 nitrogen and oxygen atoms in total. The molecule has 1 amide bonds. The molecule has 1 rings (SSSR count). The fourth-order valence-electron chi connectivity index (χ4n) is 2.71. The highest BCUT2D eigenvalue weighted by atomic mass is 32.2. The van der Waals surface area contributed by atoms with Gasteiger partial charge in [0.15, 0.2) is 0 Å². The number of carbonyl (C=O) groups is 1. The standard InChI is InChI=1S/C14H28N2OS/c1-11-5-3-4-6-12(11)7-9-16-14(17)13(15)8-10-18-2/h11-13H,3-10,15H2,1-2H3,(H,16,17)/t11?,12?,13-/m0/s1. The largest absolute Gasteiger partial charge is 0.355 e. The third-order valence-electron chi connectivity index (χ3n) is 4.07. The van der Waals surface area contributed by atoms with E-state index < -0.39 is 0 Å².